The SMILES string of the molecule is Nc1ccc2c(O)c(N=Nc3ccc(N=Nc4ccc(N=Nc5cccc(S(=O)(=O)O)c5)c5ccc(S(=O)(=O)O)cc45)c4ccc(S(=O)(=O)O)cc34)c(S(=O)(=O)O)cc2c1. The molecule has 0 atom stereocenters. The highest BCUT2D eigenvalue weighted by molar-refractivity contribution is 7.86. The zero-order chi connectivity index (χ0) is 43.4. The van der Waals surface area contributed by atoms with Crippen molar-refractivity contribution in [1.29, 1.82) is 0 Å². The normalized spacial score (nSPS) is 13.1. The molecule has 7 N–H and O–H groups in total. The van der Waals surface area contributed by atoms with Crippen molar-refractivity contribution in [3.8, 4) is 5.75 Å². The van der Waals surface area contributed by atoms with Crippen molar-refractivity contribution >= 4 is 113 Å². The molecule has 7 aromatic carbocycles. The summed E-state index contributed by atoms with van der Waals surface area (Å²) >= 11 is 0. The Morgan fingerprint density at radius 3 is 1.37 bits per heavy atom. The number of fused-ring (bicyclic) bond motifs is 3. The average molecular weight is 892 g/mol. The van der Waals surface area contributed by atoms with Crippen LogP contribution in [0.4, 0.5) is 39.8 Å². The summed E-state index contributed by atoms with van der Waals surface area (Å²) in [4.78, 5) is -2.35. The summed E-state index contributed by atoms with van der Waals surface area (Å²) in [6.45, 7) is 0. The van der Waals surface area contributed by atoms with E-state index in [-0.39, 0.29) is 66.4 Å². The predicted molar refractivity (Wildman–Crippen MR) is 216 cm³/mol. The van der Waals surface area contributed by atoms with Gasteiger partial charge < -0.3 is 10.8 Å². The number of hydrogen-bond acceptors (Lipinski definition) is 16. The maximum Gasteiger partial charge on any atom is 0.296 e. The number of nitrogens with two attached hydrogens (primary N) is 1. The summed E-state index contributed by atoms with van der Waals surface area (Å²) in [5, 5.41) is 36.5. The number of benzene rings is 7. The van der Waals surface area contributed by atoms with Crippen LogP contribution in [0.25, 0.3) is 32.3 Å². The standard InChI is InChI=1S/C36H25N7O13S4/c37-20-4-7-25-19(14-20)15-34(60(54,55)56)35(36(25)44)43-42-33-13-11-31(27-9-6-24(18-29(27)33)59(51,52)53)40-41-32-12-10-30(26-8-5-23(17-28(26)32)58(48,49)50)39-38-21-2-1-3-22(16-21)57(45,46)47/h1-18,44H,37H2,(H,45,46,47)(H,48,49,50)(H,51,52,53)(H,54,55,56). The maximum absolute atomic E-state index is 12.4. The van der Waals surface area contributed by atoms with Gasteiger partial charge in [-0.1, -0.05) is 18.2 Å². The van der Waals surface area contributed by atoms with Crippen LogP contribution in [0.15, 0.2) is 159 Å². The van der Waals surface area contributed by atoms with E-state index in [0.717, 1.165) is 42.5 Å². The average Bonchev–Trinajstić information content (AvgIpc) is 3.17. The number of hydrogen-bond donors (Lipinski definition) is 6. The number of nitrogens with zero attached hydrogens (tertiary/aromatic N) is 6. The van der Waals surface area contributed by atoms with Gasteiger partial charge in [0.25, 0.3) is 40.5 Å². The number of azo groups is 3. The lowest BCUT2D eigenvalue weighted by atomic mass is 10.1. The Hall–Kier alpha value is -6.64. The van der Waals surface area contributed by atoms with Crippen LogP contribution in [0.2, 0.25) is 0 Å². The number of anilines is 1. The molecule has 306 valence electrons. The van der Waals surface area contributed by atoms with Crippen LogP contribution in [0.3, 0.4) is 0 Å². The van der Waals surface area contributed by atoms with Crippen LogP contribution in [0.5, 0.6) is 5.75 Å². The molecular formula is C36H25N7O13S4. The lowest BCUT2D eigenvalue weighted by Gasteiger charge is -2.10. The van der Waals surface area contributed by atoms with Gasteiger partial charge in [0.2, 0.25) is 0 Å². The molecule has 0 saturated carbocycles. The van der Waals surface area contributed by atoms with Gasteiger partial charge in [0, 0.05) is 32.6 Å². The molecule has 0 fully saturated rings. The second kappa shape index (κ2) is 15.2. The topological polar surface area (TPSA) is 338 Å². The Balaban J connectivity index is 1.35. The summed E-state index contributed by atoms with van der Waals surface area (Å²) in [6.07, 6.45) is 0. The number of aromatic hydroxyl groups is 1. The quantitative estimate of drug-likeness (QED) is 0.0425. The molecular weight excluding hydrogens is 867 g/mol. The van der Waals surface area contributed by atoms with E-state index in [1.165, 1.54) is 66.7 Å². The second-order valence-electron chi connectivity index (χ2n) is 12.7. The molecule has 0 saturated heterocycles. The first-order chi connectivity index (χ1) is 28.1. The van der Waals surface area contributed by atoms with Gasteiger partial charge in [-0.2, -0.15) is 38.8 Å². The summed E-state index contributed by atoms with van der Waals surface area (Å²) in [5.41, 5.74) is 5.49. The summed E-state index contributed by atoms with van der Waals surface area (Å²) in [7, 11) is -19.1. The van der Waals surface area contributed by atoms with Crippen LogP contribution in [0.1, 0.15) is 0 Å². The number of phenolic OH excluding ortho intramolecular Hbond substituents is 1. The van der Waals surface area contributed by atoms with E-state index in [0.29, 0.717) is 0 Å². The molecule has 0 spiro atoms. The van der Waals surface area contributed by atoms with Crippen LogP contribution in [0, 0.1) is 0 Å². The molecule has 0 unspecified atom stereocenters. The van der Waals surface area contributed by atoms with Crippen molar-refractivity contribution in [2.45, 2.75) is 19.6 Å². The van der Waals surface area contributed by atoms with Gasteiger partial charge in [0.15, 0.2) is 5.75 Å². The minimum absolute atomic E-state index is 0.0283. The van der Waals surface area contributed by atoms with Crippen LogP contribution in [-0.2, 0) is 40.5 Å². The van der Waals surface area contributed by atoms with Crippen molar-refractivity contribution in [2.75, 3.05) is 5.73 Å². The largest absolute Gasteiger partial charge is 0.505 e. The zero-order valence-corrected chi connectivity index (χ0v) is 33.1. The minimum atomic E-state index is -5.01. The van der Waals surface area contributed by atoms with E-state index in [1.54, 1.807) is 0 Å². The van der Waals surface area contributed by atoms with E-state index in [9.17, 15) is 57.0 Å². The van der Waals surface area contributed by atoms with Crippen molar-refractivity contribution in [1.82, 2.24) is 0 Å². The molecule has 0 aliphatic carbocycles. The first-order valence-corrected chi connectivity index (χ1v) is 22.3. The third-order valence-electron chi connectivity index (χ3n) is 8.74. The van der Waals surface area contributed by atoms with Crippen LogP contribution >= 0.6 is 0 Å². The van der Waals surface area contributed by atoms with Crippen molar-refractivity contribution in [3.63, 3.8) is 0 Å². The molecule has 0 radical (unpaired) electrons. The Kier molecular flexibility index (Phi) is 10.5. The van der Waals surface area contributed by atoms with Gasteiger partial charge in [0.1, 0.15) is 10.6 Å². The predicted octanol–water partition coefficient (Wildman–Crippen LogP) is 8.67. The number of rotatable bonds is 10. The molecule has 0 aromatic heterocycles. The first kappa shape index (κ1) is 41.5. The van der Waals surface area contributed by atoms with Gasteiger partial charge in [-0.15, -0.1) is 25.6 Å². The van der Waals surface area contributed by atoms with Gasteiger partial charge in [-0.05, 0) is 96.4 Å². The van der Waals surface area contributed by atoms with Crippen molar-refractivity contribution < 1.29 is 57.0 Å². The van der Waals surface area contributed by atoms with E-state index in [4.69, 9.17) is 5.73 Å². The Morgan fingerprint density at radius 1 is 0.417 bits per heavy atom. The summed E-state index contributed by atoms with van der Waals surface area (Å²) < 4.78 is 135. The van der Waals surface area contributed by atoms with E-state index in [1.807, 2.05) is 0 Å². The lowest BCUT2D eigenvalue weighted by Crippen LogP contribution is -1.99. The maximum atomic E-state index is 12.4. The van der Waals surface area contributed by atoms with Crippen molar-refractivity contribution in [3.05, 3.63) is 109 Å². The fraction of sp³-hybridized carbons (Fsp3) is 0. The zero-order valence-electron chi connectivity index (χ0n) is 29.8. The third-order valence-corrected chi connectivity index (χ3v) is 12.2. The molecule has 0 amide bonds. The van der Waals surface area contributed by atoms with E-state index in [2.05, 4.69) is 30.7 Å². The van der Waals surface area contributed by atoms with Crippen LogP contribution < -0.4 is 5.73 Å². The van der Waals surface area contributed by atoms with Gasteiger partial charge in [-0.3, -0.25) is 18.2 Å². The molecule has 7 aromatic rings. The molecule has 20 nitrogen and oxygen atoms in total. The highest BCUT2D eigenvalue weighted by atomic mass is 32.2. The third kappa shape index (κ3) is 8.56. The highest BCUT2D eigenvalue weighted by Gasteiger charge is 2.23. The fourth-order valence-corrected chi connectivity index (χ4v) is 8.15. The Bertz CT molecular complexity index is 3530. The van der Waals surface area contributed by atoms with Gasteiger partial charge in [-0.25, -0.2) is 0 Å². The Labute approximate surface area is 339 Å². The number of phenols is 1. The molecule has 7 rings (SSSR count). The summed E-state index contributed by atoms with van der Waals surface area (Å²) in [5.74, 6) is -0.680. The molecule has 0 aliphatic rings. The highest BCUT2D eigenvalue weighted by Crippen LogP contribution is 2.44. The smallest absolute Gasteiger partial charge is 0.296 e. The van der Waals surface area contributed by atoms with E-state index < -0.39 is 71.5 Å². The minimum Gasteiger partial charge on any atom is -0.505 e. The number of nitrogen functional groups attached to an aromatic ring is 1. The van der Waals surface area contributed by atoms with E-state index >= 15 is 0 Å². The van der Waals surface area contributed by atoms with Gasteiger partial charge >= 0.3 is 0 Å². The fourth-order valence-electron chi connectivity index (χ4n) is 5.95. The van der Waals surface area contributed by atoms with Crippen LogP contribution in [-0.4, -0.2) is 57.0 Å². The van der Waals surface area contributed by atoms with Gasteiger partial charge in [0.05, 0.1) is 43.1 Å². The monoisotopic (exact) mass is 891 g/mol. The Morgan fingerprint density at radius 2 is 0.867 bits per heavy atom. The molecule has 0 bridgehead atoms. The molecule has 24 heteroatoms. The molecule has 0 heterocycles. The molecule has 0 aliphatic heterocycles. The first-order valence-electron chi connectivity index (χ1n) is 16.5. The lowest BCUT2D eigenvalue weighted by molar-refractivity contribution is 0.472. The molecule has 60 heavy (non-hydrogen) atoms. The summed E-state index contributed by atoms with van der Waals surface area (Å²) in [6, 6.07) is 22.4. The second-order valence-corrected chi connectivity index (χ2v) is 18.3. The van der Waals surface area contributed by atoms with Crippen molar-refractivity contribution in [2.24, 2.45) is 30.7 Å².